The molecule has 0 saturated heterocycles. The van der Waals surface area contributed by atoms with Crippen LogP contribution in [0.2, 0.25) is 0 Å². The molecular weight excluding hydrogens is 1080 g/mol. The Bertz CT molecular complexity index is 4100. The first-order valence-corrected chi connectivity index (χ1v) is 31.3. The highest BCUT2D eigenvalue weighted by molar-refractivity contribution is 7.86. The van der Waals surface area contributed by atoms with Gasteiger partial charge in [0, 0.05) is 47.7 Å². The van der Waals surface area contributed by atoms with Crippen molar-refractivity contribution in [3.63, 3.8) is 0 Å². The summed E-state index contributed by atoms with van der Waals surface area (Å²) < 4.78 is 63.8. The molecule has 11 rings (SSSR count). The van der Waals surface area contributed by atoms with Crippen LogP contribution < -0.4 is 66.8 Å². The van der Waals surface area contributed by atoms with E-state index in [0.717, 1.165) is 5.56 Å². The van der Waals surface area contributed by atoms with Crippen LogP contribution in [0.25, 0.3) is 0 Å². The lowest BCUT2D eigenvalue weighted by Gasteiger charge is -2.21. The van der Waals surface area contributed by atoms with E-state index in [9.17, 15) is 9.59 Å². The van der Waals surface area contributed by atoms with E-state index in [2.05, 4.69) is 0 Å². The maximum Gasteiger partial charge on any atom is 0.343 e. The molecule has 0 amide bonds. The second kappa shape index (κ2) is 24.5. The van der Waals surface area contributed by atoms with E-state index in [-0.39, 0.29) is 17.9 Å². The van der Waals surface area contributed by atoms with E-state index in [1.54, 1.807) is 170 Å². The van der Waals surface area contributed by atoms with Crippen molar-refractivity contribution in [2.75, 3.05) is 0 Å². The Morgan fingerprint density at radius 3 is 0.866 bits per heavy atom. The van der Waals surface area contributed by atoms with Gasteiger partial charge in [-0.15, -0.1) is 0 Å². The van der Waals surface area contributed by atoms with Gasteiger partial charge in [0.2, 0.25) is 0 Å². The Morgan fingerprint density at radius 2 is 0.524 bits per heavy atom. The molecule has 82 heavy (non-hydrogen) atoms. The molecule has 0 radical (unpaired) electrons. The molecule has 0 aromatic heterocycles. The van der Waals surface area contributed by atoms with E-state index in [0.29, 0.717) is 76.3 Å². The quantitative estimate of drug-likeness (QED) is 0.0253. The van der Waals surface area contributed by atoms with Gasteiger partial charge in [0.25, 0.3) is 0 Å². The Morgan fingerprint density at radius 1 is 0.268 bits per heavy atom. The first kappa shape index (κ1) is 54.6. The fourth-order valence-corrected chi connectivity index (χ4v) is 17.3. The molecule has 0 aliphatic rings. The standard InChI is InChI=1S/C69H51O10P3/c70-68(52-18-8-2-9-19-52)77-56-32-44-65(45-33-56)81(73,60-22-12-4-13-23-60)64-42-30-55(31-43-64)76-54-28-40-63(41-29-54)80(72,59-20-10-3-11-21-59)62-38-26-53(27-39-62)69(71)78-57-34-46-66(47-35-57)82(74,61-24-14-5-15-25-61)67-48-36-58(37-49-67)79-75-50-51-16-6-1-7-17-51/h1-49H,50H2. The molecule has 10 nitrogen and oxygen atoms in total. The summed E-state index contributed by atoms with van der Waals surface area (Å²) in [5, 5.41) is 5.20. The third kappa shape index (κ3) is 11.8. The van der Waals surface area contributed by atoms with E-state index >= 15 is 13.7 Å². The van der Waals surface area contributed by atoms with Gasteiger partial charge < -0.3 is 32.8 Å². The van der Waals surface area contributed by atoms with Crippen molar-refractivity contribution in [3.05, 3.63) is 314 Å². The minimum absolute atomic E-state index is 0.243. The van der Waals surface area contributed by atoms with E-state index < -0.39 is 33.4 Å². The Kier molecular flexibility index (Phi) is 16.3. The zero-order valence-corrected chi connectivity index (χ0v) is 46.6. The maximum atomic E-state index is 15.5. The lowest BCUT2D eigenvalue weighted by molar-refractivity contribution is -0.217. The Hall–Kier alpha value is -9.39. The van der Waals surface area contributed by atoms with Gasteiger partial charge in [0.05, 0.1) is 11.1 Å². The number of hydrogen-bond acceptors (Lipinski definition) is 10. The molecule has 402 valence electrons. The van der Waals surface area contributed by atoms with Crippen LogP contribution in [0.5, 0.6) is 28.7 Å². The van der Waals surface area contributed by atoms with Crippen LogP contribution in [0.3, 0.4) is 0 Å². The molecular formula is C69H51O10P3. The molecule has 0 saturated carbocycles. The van der Waals surface area contributed by atoms with Gasteiger partial charge in [-0.1, -0.05) is 152 Å². The fraction of sp³-hybridized carbons (Fsp3) is 0.0145. The van der Waals surface area contributed by atoms with Crippen molar-refractivity contribution in [1.82, 2.24) is 0 Å². The minimum atomic E-state index is -3.50. The number of benzene rings is 11. The number of hydrogen-bond donors (Lipinski definition) is 0. The topological polar surface area (TPSA) is 132 Å². The molecule has 0 fully saturated rings. The van der Waals surface area contributed by atoms with Crippen LogP contribution in [0.4, 0.5) is 0 Å². The molecule has 0 spiro atoms. The fourth-order valence-electron chi connectivity index (χ4n) is 9.45. The normalized spacial score (nSPS) is 13.3. The first-order chi connectivity index (χ1) is 40.1. The SMILES string of the molecule is O=C(Oc1ccc(P(=O)(c2ccccc2)c2ccc(Oc3ccc(P(=O)(c4ccccc4)c4ccc(C(=O)Oc5ccc(P(=O)(c6ccccc6)c6ccc(OOCc7ccccc7)cc6)cc5)cc4)cc3)cc2)cc1)c1ccccc1. The predicted octanol–water partition coefficient (Wildman–Crippen LogP) is 12.3. The van der Waals surface area contributed by atoms with Crippen molar-refractivity contribution in [3.8, 4) is 28.7 Å². The highest BCUT2D eigenvalue weighted by Gasteiger charge is 2.33. The molecule has 13 heteroatoms. The van der Waals surface area contributed by atoms with Gasteiger partial charge >= 0.3 is 11.9 Å². The summed E-state index contributed by atoms with van der Waals surface area (Å²) in [6.07, 6.45) is 0. The zero-order chi connectivity index (χ0) is 56.4. The van der Waals surface area contributed by atoms with Crippen LogP contribution >= 0.6 is 21.4 Å². The van der Waals surface area contributed by atoms with Gasteiger partial charge in [0.15, 0.2) is 27.2 Å². The average Bonchev–Trinajstić information content (AvgIpc) is 3.67. The molecule has 11 aromatic carbocycles. The highest BCUT2D eigenvalue weighted by Crippen LogP contribution is 2.46. The second-order valence-corrected chi connectivity index (χ2v) is 27.2. The smallest absolute Gasteiger partial charge is 0.343 e. The van der Waals surface area contributed by atoms with E-state index in [1.807, 2.05) is 127 Å². The van der Waals surface area contributed by atoms with Crippen LogP contribution in [-0.2, 0) is 25.2 Å². The predicted molar refractivity (Wildman–Crippen MR) is 326 cm³/mol. The Labute approximate surface area is 475 Å². The Balaban J connectivity index is 0.774. The number of carbonyl (C=O) groups excluding carboxylic acids is 2. The molecule has 0 heterocycles. The summed E-state index contributed by atoms with van der Waals surface area (Å²) in [5.41, 5.74) is 1.63. The van der Waals surface area contributed by atoms with Crippen LogP contribution in [0.15, 0.2) is 297 Å². The van der Waals surface area contributed by atoms with Gasteiger partial charge in [-0.05, 0) is 151 Å². The summed E-state index contributed by atoms with van der Waals surface area (Å²) in [5.74, 6) is 0.913. The van der Waals surface area contributed by atoms with Gasteiger partial charge in [-0.3, -0.25) is 0 Å². The molecule has 3 atom stereocenters. The van der Waals surface area contributed by atoms with E-state index in [1.165, 1.54) is 0 Å². The van der Waals surface area contributed by atoms with Crippen molar-refractivity contribution in [2.24, 2.45) is 0 Å². The van der Waals surface area contributed by atoms with Gasteiger partial charge in [0.1, 0.15) is 29.6 Å². The molecule has 11 aromatic rings. The minimum Gasteiger partial charge on any atom is -0.457 e. The van der Waals surface area contributed by atoms with Crippen LogP contribution in [0, 0.1) is 0 Å². The van der Waals surface area contributed by atoms with Gasteiger partial charge in [-0.25, -0.2) is 9.59 Å². The summed E-state index contributed by atoms with van der Waals surface area (Å²) >= 11 is 0. The number of ether oxygens (including phenoxy) is 3. The third-order valence-electron chi connectivity index (χ3n) is 13.7. The van der Waals surface area contributed by atoms with Crippen LogP contribution in [0.1, 0.15) is 26.3 Å². The van der Waals surface area contributed by atoms with Crippen molar-refractivity contribution >= 4 is 81.1 Å². The monoisotopic (exact) mass is 1130 g/mol. The summed E-state index contributed by atoms with van der Waals surface area (Å²) in [6.45, 7) is 0.265. The zero-order valence-electron chi connectivity index (χ0n) is 43.9. The van der Waals surface area contributed by atoms with Crippen LogP contribution in [-0.4, -0.2) is 11.9 Å². The van der Waals surface area contributed by atoms with E-state index in [4.69, 9.17) is 24.0 Å². The third-order valence-corrected chi connectivity index (χ3v) is 22.9. The largest absolute Gasteiger partial charge is 0.457 e. The number of esters is 2. The molecule has 3 unspecified atom stereocenters. The summed E-state index contributed by atoms with van der Waals surface area (Å²) in [6, 6.07) is 87.2. The van der Waals surface area contributed by atoms with Crippen molar-refractivity contribution in [1.29, 1.82) is 0 Å². The average molecular weight is 1130 g/mol. The molecule has 0 aliphatic carbocycles. The maximum absolute atomic E-state index is 15.5. The molecule has 0 aliphatic heterocycles. The molecule has 0 N–H and O–H groups in total. The first-order valence-electron chi connectivity index (χ1n) is 26.2. The number of rotatable bonds is 19. The lowest BCUT2D eigenvalue weighted by Crippen LogP contribution is -2.25. The second-order valence-electron chi connectivity index (χ2n) is 18.9. The summed E-state index contributed by atoms with van der Waals surface area (Å²) in [4.78, 5) is 37.4. The van der Waals surface area contributed by atoms with Crippen molar-refractivity contribution < 1.29 is 47.3 Å². The van der Waals surface area contributed by atoms with Crippen molar-refractivity contribution in [2.45, 2.75) is 6.61 Å². The molecule has 0 bridgehead atoms. The lowest BCUT2D eigenvalue weighted by atomic mass is 10.2. The van der Waals surface area contributed by atoms with Gasteiger partial charge in [-0.2, -0.15) is 4.89 Å². The highest BCUT2D eigenvalue weighted by atomic mass is 31.2. The summed E-state index contributed by atoms with van der Waals surface area (Å²) in [7, 11) is -10.3. The number of carbonyl (C=O) groups is 2.